The summed E-state index contributed by atoms with van der Waals surface area (Å²) in [6, 6.07) is 4.36. The lowest BCUT2D eigenvalue weighted by atomic mass is 10.1. The Morgan fingerprint density at radius 3 is 2.81 bits per heavy atom. The number of carbonyl (C=O) groups excluding carboxylic acids is 2. The third kappa shape index (κ3) is 5.88. The molecule has 2 amide bonds. The Kier molecular flexibility index (Phi) is 6.79. The molecule has 0 aliphatic rings. The van der Waals surface area contributed by atoms with Crippen molar-refractivity contribution in [1.29, 1.82) is 0 Å². The van der Waals surface area contributed by atoms with Crippen LogP contribution in [0, 0.1) is 11.8 Å². The van der Waals surface area contributed by atoms with Crippen molar-refractivity contribution in [2.45, 2.75) is 6.18 Å². The second kappa shape index (κ2) is 9.69. The molecule has 0 saturated heterocycles. The Hall–Kier alpha value is -4.27. The number of benzene rings is 1. The van der Waals surface area contributed by atoms with E-state index in [9.17, 15) is 22.8 Å². The number of alkyl halides is 3. The van der Waals surface area contributed by atoms with Gasteiger partial charge in [-0.2, -0.15) is 18.3 Å². The van der Waals surface area contributed by atoms with Crippen molar-refractivity contribution in [2.24, 2.45) is 7.05 Å². The number of hydrogen-bond acceptors (Lipinski definition) is 5. The van der Waals surface area contributed by atoms with E-state index >= 15 is 0 Å². The third-order valence-electron chi connectivity index (χ3n) is 3.99. The molecule has 3 aromatic rings. The van der Waals surface area contributed by atoms with Crippen LogP contribution in [0.25, 0.3) is 11.4 Å². The first kappa shape index (κ1) is 22.4. The molecule has 0 radical (unpaired) electrons. The van der Waals surface area contributed by atoms with Crippen LogP contribution < -0.4 is 15.4 Å². The fourth-order valence-electron chi connectivity index (χ4n) is 2.56. The van der Waals surface area contributed by atoms with Crippen molar-refractivity contribution in [2.75, 3.05) is 18.5 Å². The molecular weight excluding hydrogens is 429 g/mol. The number of anilines is 1. The number of halogens is 3. The largest absolute Gasteiger partial charge is 0.490 e. The summed E-state index contributed by atoms with van der Waals surface area (Å²) in [5, 5.41) is 8.93. The van der Waals surface area contributed by atoms with Gasteiger partial charge in [0.05, 0.1) is 30.2 Å². The fourth-order valence-corrected chi connectivity index (χ4v) is 2.56. The molecule has 32 heavy (non-hydrogen) atoms. The first-order valence-corrected chi connectivity index (χ1v) is 9.14. The zero-order valence-corrected chi connectivity index (χ0v) is 16.7. The molecule has 3 rings (SSSR count). The number of rotatable bonds is 7. The van der Waals surface area contributed by atoms with Gasteiger partial charge < -0.3 is 20.4 Å². The SMILES string of the molecule is Cn1cc(C#CC(=O)Nc2cc(-c3ncc(C(F)(F)F)[nH]3)ccc2OCCNC=O)cn1. The summed E-state index contributed by atoms with van der Waals surface area (Å²) >= 11 is 0. The molecule has 0 unspecified atom stereocenters. The first-order valence-electron chi connectivity index (χ1n) is 9.14. The zero-order valence-electron chi connectivity index (χ0n) is 16.7. The van der Waals surface area contributed by atoms with Gasteiger partial charge in [-0.25, -0.2) is 4.98 Å². The smallest absolute Gasteiger partial charge is 0.432 e. The quantitative estimate of drug-likeness (QED) is 0.292. The van der Waals surface area contributed by atoms with E-state index in [1.54, 1.807) is 13.2 Å². The highest BCUT2D eigenvalue weighted by atomic mass is 19.4. The van der Waals surface area contributed by atoms with Gasteiger partial charge in [0.25, 0.3) is 0 Å². The van der Waals surface area contributed by atoms with Crippen LogP contribution in [-0.2, 0) is 22.8 Å². The van der Waals surface area contributed by atoms with E-state index in [4.69, 9.17) is 4.74 Å². The highest BCUT2D eigenvalue weighted by molar-refractivity contribution is 6.05. The average Bonchev–Trinajstić information content (AvgIpc) is 3.40. The molecule has 166 valence electrons. The molecule has 0 aliphatic heterocycles. The van der Waals surface area contributed by atoms with Crippen LogP contribution in [-0.4, -0.2) is 45.2 Å². The Morgan fingerprint density at radius 1 is 1.34 bits per heavy atom. The van der Waals surface area contributed by atoms with Crippen LogP contribution in [0.15, 0.2) is 36.8 Å². The van der Waals surface area contributed by atoms with E-state index in [1.165, 1.54) is 29.1 Å². The first-order chi connectivity index (χ1) is 15.3. The summed E-state index contributed by atoms with van der Waals surface area (Å²) in [5.74, 6) is 4.59. The molecule has 0 bridgehead atoms. The number of aryl methyl sites for hydroxylation is 1. The van der Waals surface area contributed by atoms with Gasteiger partial charge in [-0.15, -0.1) is 0 Å². The summed E-state index contributed by atoms with van der Waals surface area (Å²) in [4.78, 5) is 28.6. The molecule has 9 nitrogen and oxygen atoms in total. The minimum Gasteiger partial charge on any atom is -0.490 e. The lowest BCUT2D eigenvalue weighted by Crippen LogP contribution is -2.19. The Morgan fingerprint density at radius 2 is 2.16 bits per heavy atom. The summed E-state index contributed by atoms with van der Waals surface area (Å²) in [6.07, 6.45) is -0.255. The third-order valence-corrected chi connectivity index (χ3v) is 3.99. The highest BCUT2D eigenvalue weighted by Gasteiger charge is 2.33. The van der Waals surface area contributed by atoms with E-state index in [1.807, 2.05) is 0 Å². The minimum absolute atomic E-state index is 0.0385. The zero-order chi connectivity index (χ0) is 23.1. The van der Waals surface area contributed by atoms with E-state index in [0.717, 1.165) is 0 Å². The standard InChI is InChI=1S/C20H17F3N6O3/c1-29-11-13(9-26-29)2-5-18(31)27-15-8-14(3-4-16(15)32-7-6-24-12-30)19-25-10-17(28-19)20(21,22)23/h3-4,8-12H,6-7H2,1H3,(H,24,30)(H,25,28)(H,27,31). The van der Waals surface area contributed by atoms with E-state index in [2.05, 4.69) is 37.5 Å². The predicted octanol–water partition coefficient (Wildman–Crippen LogP) is 1.94. The summed E-state index contributed by atoms with van der Waals surface area (Å²) < 4.78 is 45.7. The number of nitrogens with zero attached hydrogens (tertiary/aromatic N) is 3. The monoisotopic (exact) mass is 446 g/mol. The van der Waals surface area contributed by atoms with E-state index in [-0.39, 0.29) is 36.0 Å². The second-order valence-corrected chi connectivity index (χ2v) is 6.38. The fraction of sp³-hybridized carbons (Fsp3) is 0.200. The number of hydrogen-bond donors (Lipinski definition) is 3. The van der Waals surface area contributed by atoms with Gasteiger partial charge in [0.15, 0.2) is 0 Å². The Labute approximate surface area is 180 Å². The number of carbonyl (C=O) groups is 2. The summed E-state index contributed by atoms with van der Waals surface area (Å²) in [6.45, 7) is 0.313. The van der Waals surface area contributed by atoms with Gasteiger partial charge in [-0.05, 0) is 18.2 Å². The molecular formula is C20H17F3N6O3. The average molecular weight is 446 g/mol. The van der Waals surface area contributed by atoms with Crippen LogP contribution in [0.1, 0.15) is 11.3 Å². The molecule has 3 N–H and O–H groups in total. The van der Waals surface area contributed by atoms with Gasteiger partial charge in [0.1, 0.15) is 23.9 Å². The Bertz CT molecular complexity index is 1170. The lowest BCUT2D eigenvalue weighted by Gasteiger charge is -2.12. The number of aromatic amines is 1. The molecule has 0 saturated carbocycles. The molecule has 0 atom stereocenters. The maximum absolute atomic E-state index is 12.9. The summed E-state index contributed by atoms with van der Waals surface area (Å²) in [5.41, 5.74) is -0.0119. The van der Waals surface area contributed by atoms with Gasteiger partial charge in [-0.3, -0.25) is 14.3 Å². The maximum Gasteiger partial charge on any atom is 0.432 e. The number of aromatic nitrogens is 4. The minimum atomic E-state index is -4.57. The molecule has 1 aromatic carbocycles. The van der Waals surface area contributed by atoms with Crippen LogP contribution in [0.5, 0.6) is 5.75 Å². The molecule has 2 heterocycles. The van der Waals surface area contributed by atoms with Crippen LogP contribution >= 0.6 is 0 Å². The van der Waals surface area contributed by atoms with Gasteiger partial charge in [-0.1, -0.05) is 5.92 Å². The number of imidazole rings is 1. The molecule has 0 aliphatic carbocycles. The lowest BCUT2D eigenvalue weighted by molar-refractivity contribution is -0.140. The number of amides is 2. The Balaban J connectivity index is 1.84. The van der Waals surface area contributed by atoms with Gasteiger partial charge in [0.2, 0.25) is 6.41 Å². The summed E-state index contributed by atoms with van der Waals surface area (Å²) in [7, 11) is 1.71. The molecule has 12 heteroatoms. The molecule has 0 spiro atoms. The highest BCUT2D eigenvalue weighted by Crippen LogP contribution is 2.32. The van der Waals surface area contributed by atoms with Crippen molar-refractivity contribution in [3.8, 4) is 29.0 Å². The van der Waals surface area contributed by atoms with Crippen molar-refractivity contribution in [3.05, 3.63) is 48.0 Å². The topological polar surface area (TPSA) is 114 Å². The number of ether oxygens (including phenoxy) is 1. The molecule has 2 aromatic heterocycles. The van der Waals surface area contributed by atoms with Crippen molar-refractivity contribution in [3.63, 3.8) is 0 Å². The van der Waals surface area contributed by atoms with Crippen molar-refractivity contribution >= 4 is 18.0 Å². The number of H-pyrrole nitrogens is 1. The van der Waals surface area contributed by atoms with E-state index in [0.29, 0.717) is 18.2 Å². The normalized spacial score (nSPS) is 10.8. The number of nitrogens with one attached hydrogen (secondary N) is 3. The second-order valence-electron chi connectivity index (χ2n) is 6.38. The van der Waals surface area contributed by atoms with Crippen molar-refractivity contribution < 1.29 is 27.5 Å². The molecule has 0 fully saturated rings. The van der Waals surface area contributed by atoms with Gasteiger partial charge in [0, 0.05) is 24.7 Å². The maximum atomic E-state index is 12.9. The van der Waals surface area contributed by atoms with Crippen LogP contribution in [0.2, 0.25) is 0 Å². The van der Waals surface area contributed by atoms with Crippen LogP contribution in [0.4, 0.5) is 18.9 Å². The van der Waals surface area contributed by atoms with Gasteiger partial charge >= 0.3 is 12.1 Å². The van der Waals surface area contributed by atoms with E-state index < -0.39 is 17.8 Å². The predicted molar refractivity (Wildman–Crippen MR) is 107 cm³/mol. The van der Waals surface area contributed by atoms with Crippen molar-refractivity contribution in [1.82, 2.24) is 25.1 Å². The van der Waals surface area contributed by atoms with Crippen LogP contribution in [0.3, 0.4) is 0 Å².